The summed E-state index contributed by atoms with van der Waals surface area (Å²) in [4.78, 5) is 13.4. The van der Waals surface area contributed by atoms with Crippen LogP contribution < -0.4 is 10.0 Å². The van der Waals surface area contributed by atoms with Gasteiger partial charge in [-0.25, -0.2) is 21.9 Å². The molecular formula is C14H13ClF5N3O3S. The maximum Gasteiger partial charge on any atom is 0.402 e. The Morgan fingerprint density at radius 1 is 1.33 bits per heavy atom. The van der Waals surface area contributed by atoms with Gasteiger partial charge >= 0.3 is 6.18 Å². The van der Waals surface area contributed by atoms with Crippen molar-refractivity contribution < 1.29 is 35.2 Å². The van der Waals surface area contributed by atoms with Crippen molar-refractivity contribution in [1.29, 1.82) is 0 Å². The summed E-state index contributed by atoms with van der Waals surface area (Å²) in [5, 5.41) is 0.239. The summed E-state index contributed by atoms with van der Waals surface area (Å²) >= 11 is 5.47. The highest BCUT2D eigenvalue weighted by Gasteiger charge is 2.37. The molecule has 6 nitrogen and oxygen atoms in total. The van der Waals surface area contributed by atoms with E-state index in [4.69, 9.17) is 11.6 Å². The molecule has 13 heteroatoms. The number of likely N-dealkylation sites (N-methyl/N-ethyl adjacent to an activating group) is 1. The number of nitrogens with one attached hydrogen (secondary N) is 2. The van der Waals surface area contributed by atoms with Gasteiger partial charge < -0.3 is 10.2 Å². The Balaban J connectivity index is 2.16. The average Bonchev–Trinajstić information content (AvgIpc) is 2.93. The van der Waals surface area contributed by atoms with E-state index < -0.39 is 50.6 Å². The molecule has 0 aromatic heterocycles. The minimum absolute atomic E-state index is 0.168. The summed E-state index contributed by atoms with van der Waals surface area (Å²) < 4.78 is 88.4. The van der Waals surface area contributed by atoms with E-state index in [0.717, 1.165) is 12.1 Å². The van der Waals surface area contributed by atoms with E-state index in [1.807, 2.05) is 0 Å². The van der Waals surface area contributed by atoms with Crippen molar-refractivity contribution >= 4 is 33.2 Å². The summed E-state index contributed by atoms with van der Waals surface area (Å²) in [6.45, 7) is -2.01. The summed E-state index contributed by atoms with van der Waals surface area (Å²) in [6.07, 6.45) is -3.76. The Kier molecular flexibility index (Phi) is 6.02. The van der Waals surface area contributed by atoms with Gasteiger partial charge in [0.2, 0.25) is 10.0 Å². The van der Waals surface area contributed by atoms with Crippen molar-refractivity contribution in [2.45, 2.75) is 11.4 Å². The number of rotatable bonds is 5. The molecule has 0 saturated heterocycles. The van der Waals surface area contributed by atoms with Crippen LogP contribution in [-0.4, -0.2) is 50.8 Å². The third-order valence-corrected chi connectivity index (χ3v) is 5.46. The first-order valence-electron chi connectivity index (χ1n) is 7.24. The number of carbonyl (C=O) groups is 1. The van der Waals surface area contributed by atoms with Crippen LogP contribution in [0.1, 0.15) is 0 Å². The molecular weight excluding hydrogens is 421 g/mol. The number of carbonyl (C=O) groups excluding carboxylic acids is 1. The normalized spacial score (nSPS) is 17.8. The van der Waals surface area contributed by atoms with E-state index in [9.17, 15) is 35.2 Å². The van der Waals surface area contributed by atoms with Gasteiger partial charge in [0, 0.05) is 25.3 Å². The minimum atomic E-state index is -4.73. The van der Waals surface area contributed by atoms with E-state index in [1.165, 1.54) is 16.7 Å². The first kappa shape index (κ1) is 21.4. The molecule has 0 saturated carbocycles. The molecule has 1 atom stereocenters. The third kappa shape index (κ3) is 5.30. The monoisotopic (exact) mass is 433 g/mol. The third-order valence-electron chi connectivity index (χ3n) is 3.56. The smallest absolute Gasteiger partial charge is 0.369 e. The quantitative estimate of drug-likeness (QED) is 0.551. The molecule has 1 unspecified atom stereocenters. The summed E-state index contributed by atoms with van der Waals surface area (Å²) in [7, 11) is -3.03. The van der Waals surface area contributed by atoms with Crippen LogP contribution >= 0.6 is 11.6 Å². The van der Waals surface area contributed by atoms with Gasteiger partial charge in [-0.05, 0) is 12.1 Å². The van der Waals surface area contributed by atoms with Gasteiger partial charge in [-0.15, -0.1) is 0 Å². The molecule has 1 aliphatic rings. The number of hydrogen-bond donors (Lipinski definition) is 2. The molecule has 1 aromatic carbocycles. The van der Waals surface area contributed by atoms with Crippen LogP contribution in [0.5, 0.6) is 0 Å². The van der Waals surface area contributed by atoms with Crippen molar-refractivity contribution in [3.05, 3.63) is 40.6 Å². The zero-order chi connectivity index (χ0) is 20.6. The first-order chi connectivity index (χ1) is 12.3. The molecule has 1 aromatic rings. The summed E-state index contributed by atoms with van der Waals surface area (Å²) in [6, 6.07) is 1.63. The zero-order valence-electron chi connectivity index (χ0n) is 13.6. The SMILES string of the molecule is CN1CC(S(=O)(=O)NCC(F)(F)F)C=C1C(=O)Nc1cc(F)c(F)c(Cl)c1. The van der Waals surface area contributed by atoms with Crippen LogP contribution in [0.2, 0.25) is 5.02 Å². The van der Waals surface area contributed by atoms with Gasteiger partial charge in [-0.1, -0.05) is 11.6 Å². The second kappa shape index (κ2) is 7.60. The van der Waals surface area contributed by atoms with Crippen molar-refractivity contribution in [2.24, 2.45) is 0 Å². The molecule has 0 bridgehead atoms. The van der Waals surface area contributed by atoms with Crippen LogP contribution in [0.25, 0.3) is 0 Å². The molecule has 0 radical (unpaired) electrons. The number of halogens is 6. The Morgan fingerprint density at radius 3 is 2.52 bits per heavy atom. The molecule has 0 aliphatic carbocycles. The Labute approximate surface area is 156 Å². The highest BCUT2D eigenvalue weighted by Crippen LogP contribution is 2.25. The lowest BCUT2D eigenvalue weighted by molar-refractivity contribution is -0.121. The van der Waals surface area contributed by atoms with E-state index in [0.29, 0.717) is 6.07 Å². The molecule has 1 amide bonds. The number of nitrogens with zero attached hydrogens (tertiary/aromatic N) is 1. The lowest BCUT2D eigenvalue weighted by atomic mass is 10.2. The highest BCUT2D eigenvalue weighted by molar-refractivity contribution is 7.90. The van der Waals surface area contributed by atoms with E-state index in [-0.39, 0.29) is 17.9 Å². The van der Waals surface area contributed by atoms with Crippen LogP contribution in [0.15, 0.2) is 23.9 Å². The average molecular weight is 434 g/mol. The van der Waals surface area contributed by atoms with E-state index in [2.05, 4.69) is 5.32 Å². The fourth-order valence-electron chi connectivity index (χ4n) is 2.27. The molecule has 1 aliphatic heterocycles. The highest BCUT2D eigenvalue weighted by atomic mass is 35.5. The molecule has 2 N–H and O–H groups in total. The number of anilines is 1. The maximum atomic E-state index is 13.3. The minimum Gasteiger partial charge on any atom is -0.369 e. The number of hydrogen-bond acceptors (Lipinski definition) is 4. The first-order valence-corrected chi connectivity index (χ1v) is 9.16. The maximum absolute atomic E-state index is 13.3. The number of alkyl halides is 3. The fraction of sp³-hybridized carbons (Fsp3) is 0.357. The molecule has 0 fully saturated rings. The van der Waals surface area contributed by atoms with Gasteiger partial charge in [0.15, 0.2) is 11.6 Å². The Bertz CT molecular complexity index is 865. The van der Waals surface area contributed by atoms with E-state index >= 15 is 0 Å². The second-order valence-corrected chi connectivity index (χ2v) is 8.05. The van der Waals surface area contributed by atoms with Crippen LogP contribution in [0, 0.1) is 11.6 Å². The molecule has 2 rings (SSSR count). The largest absolute Gasteiger partial charge is 0.402 e. The Morgan fingerprint density at radius 2 is 1.96 bits per heavy atom. The standard InChI is InChI=1S/C14H13ClF5N3O3S/c1-23-5-8(27(25,26)21-6-14(18,19)20)4-11(23)13(24)22-7-2-9(15)12(17)10(16)3-7/h2-4,8,21H,5-6H2,1H3,(H,22,24). The van der Waals surface area contributed by atoms with Crippen LogP contribution in [0.3, 0.4) is 0 Å². The van der Waals surface area contributed by atoms with E-state index in [1.54, 1.807) is 0 Å². The van der Waals surface area contributed by atoms with Crippen molar-refractivity contribution in [2.75, 3.05) is 25.5 Å². The van der Waals surface area contributed by atoms with Crippen LogP contribution in [-0.2, 0) is 14.8 Å². The number of sulfonamides is 1. The van der Waals surface area contributed by atoms with Crippen molar-refractivity contribution in [1.82, 2.24) is 9.62 Å². The second-order valence-electron chi connectivity index (χ2n) is 5.66. The predicted molar refractivity (Wildman–Crippen MR) is 87.5 cm³/mol. The van der Waals surface area contributed by atoms with Gasteiger partial charge in [-0.3, -0.25) is 4.79 Å². The zero-order valence-corrected chi connectivity index (χ0v) is 15.1. The molecule has 27 heavy (non-hydrogen) atoms. The summed E-state index contributed by atoms with van der Waals surface area (Å²) in [5.74, 6) is -3.47. The fourth-order valence-corrected chi connectivity index (χ4v) is 3.79. The van der Waals surface area contributed by atoms with Crippen LogP contribution in [0.4, 0.5) is 27.6 Å². The van der Waals surface area contributed by atoms with Gasteiger partial charge in [0.25, 0.3) is 5.91 Å². The number of benzene rings is 1. The lowest BCUT2D eigenvalue weighted by Crippen LogP contribution is -2.40. The van der Waals surface area contributed by atoms with Crippen molar-refractivity contribution in [3.8, 4) is 0 Å². The van der Waals surface area contributed by atoms with Gasteiger partial charge in [-0.2, -0.15) is 13.2 Å². The van der Waals surface area contributed by atoms with Crippen molar-refractivity contribution in [3.63, 3.8) is 0 Å². The predicted octanol–water partition coefficient (Wildman–Crippen LogP) is 2.24. The van der Waals surface area contributed by atoms with Gasteiger partial charge in [0.1, 0.15) is 11.8 Å². The lowest BCUT2D eigenvalue weighted by Gasteiger charge is -2.17. The topological polar surface area (TPSA) is 78.5 Å². The molecule has 1 heterocycles. The molecule has 150 valence electrons. The Hall–Kier alpha value is -1.92. The number of amides is 1. The van der Waals surface area contributed by atoms with Gasteiger partial charge in [0.05, 0.1) is 10.7 Å². The summed E-state index contributed by atoms with van der Waals surface area (Å²) in [5.41, 5.74) is -0.349. The molecule has 0 spiro atoms.